The summed E-state index contributed by atoms with van der Waals surface area (Å²) in [6, 6.07) is 24.7. The lowest BCUT2D eigenvalue weighted by atomic mass is 9.91. The van der Waals surface area contributed by atoms with Crippen LogP contribution in [0.2, 0.25) is 0 Å². The lowest BCUT2D eigenvalue weighted by Gasteiger charge is -2.21. The molecule has 0 spiro atoms. The number of benzene rings is 3. The zero-order chi connectivity index (χ0) is 26.0. The maximum atomic E-state index is 13.0. The predicted molar refractivity (Wildman–Crippen MR) is 143 cm³/mol. The van der Waals surface area contributed by atoms with Crippen LogP contribution in [0.4, 0.5) is 0 Å². The molecule has 0 heterocycles. The third-order valence-electron chi connectivity index (χ3n) is 6.34. The zero-order valence-corrected chi connectivity index (χ0v) is 22.1. The van der Waals surface area contributed by atoms with Gasteiger partial charge in [-0.2, -0.15) is 13.7 Å². The highest BCUT2D eigenvalue weighted by Gasteiger charge is 2.25. The molecule has 0 aliphatic rings. The summed E-state index contributed by atoms with van der Waals surface area (Å²) >= 11 is 0. The van der Waals surface area contributed by atoms with E-state index in [1.54, 1.807) is 31.4 Å². The van der Waals surface area contributed by atoms with Gasteiger partial charge < -0.3 is 4.74 Å². The van der Waals surface area contributed by atoms with E-state index in [1.165, 1.54) is 0 Å². The van der Waals surface area contributed by atoms with E-state index in [-0.39, 0.29) is 4.90 Å². The zero-order valence-electron chi connectivity index (χ0n) is 21.3. The Bertz CT molecular complexity index is 1230. The van der Waals surface area contributed by atoms with Crippen LogP contribution < -0.4 is 4.74 Å². The summed E-state index contributed by atoms with van der Waals surface area (Å²) in [7, 11) is -2.29. The van der Waals surface area contributed by atoms with E-state index in [4.69, 9.17) is 8.92 Å². The van der Waals surface area contributed by atoms with Crippen molar-refractivity contribution in [2.24, 2.45) is 0 Å². The molecule has 0 bridgehead atoms. The van der Waals surface area contributed by atoms with Crippen molar-refractivity contribution in [3.05, 3.63) is 83.9 Å². The maximum Gasteiger partial charge on any atom is 0.297 e. The second-order valence-corrected chi connectivity index (χ2v) is 10.7. The summed E-state index contributed by atoms with van der Waals surface area (Å²) in [6.07, 6.45) is 4.38. The minimum atomic E-state index is -3.92. The van der Waals surface area contributed by atoms with Crippen LogP contribution in [0.15, 0.2) is 77.7 Å². The maximum absolute atomic E-state index is 13.0. The number of methoxy groups -OCH3 is 1. The summed E-state index contributed by atoms with van der Waals surface area (Å²) < 4.78 is 36.9. The molecule has 5 nitrogen and oxygen atoms in total. The number of nitrogens with zero attached hydrogens (tertiary/aromatic N) is 1. The van der Waals surface area contributed by atoms with Gasteiger partial charge in [0.25, 0.3) is 10.1 Å². The number of aryl methyl sites for hydroxylation is 1. The van der Waals surface area contributed by atoms with Crippen molar-refractivity contribution in [3.63, 3.8) is 0 Å². The van der Waals surface area contributed by atoms with Gasteiger partial charge in [-0.1, -0.05) is 86.7 Å². The van der Waals surface area contributed by atoms with Gasteiger partial charge in [-0.3, -0.25) is 4.18 Å². The number of hydrogen-bond donors (Lipinski definition) is 0. The highest BCUT2D eigenvalue weighted by molar-refractivity contribution is 7.86. The van der Waals surface area contributed by atoms with Crippen molar-refractivity contribution in [1.82, 2.24) is 0 Å². The van der Waals surface area contributed by atoms with Crippen molar-refractivity contribution in [2.75, 3.05) is 7.11 Å². The van der Waals surface area contributed by atoms with E-state index < -0.39 is 22.1 Å². The normalized spacial score (nSPS) is 13.1. The van der Waals surface area contributed by atoms with Gasteiger partial charge in [0, 0.05) is 0 Å². The van der Waals surface area contributed by atoms with Crippen LogP contribution in [0.3, 0.4) is 0 Å². The van der Waals surface area contributed by atoms with Gasteiger partial charge in [0.1, 0.15) is 5.75 Å². The monoisotopic (exact) mass is 505 g/mol. The molecule has 0 saturated heterocycles. The fourth-order valence-corrected chi connectivity index (χ4v) is 5.27. The van der Waals surface area contributed by atoms with Gasteiger partial charge in [-0.15, -0.1) is 0 Å². The second-order valence-electron chi connectivity index (χ2n) is 9.10. The van der Waals surface area contributed by atoms with Crippen LogP contribution in [-0.4, -0.2) is 21.6 Å². The lowest BCUT2D eigenvalue weighted by Crippen LogP contribution is -2.21. The standard InChI is InChI=1S/C30H35NO4S/c1-4-5-6-7-8-29(35-36(32,33)30-19-9-23(2)10-20-30)21-27(22-31)26-13-11-24(12-14-26)25-15-17-28(34-3)18-16-25/h9-20,27,29H,4-8,21H2,1-3H3/t27?,29-/m1/s1. The van der Waals surface area contributed by atoms with Crippen LogP contribution in [0.25, 0.3) is 11.1 Å². The molecule has 3 aromatic rings. The van der Waals surface area contributed by atoms with Crippen LogP contribution in [0.5, 0.6) is 5.75 Å². The highest BCUT2D eigenvalue weighted by Crippen LogP contribution is 2.29. The molecule has 3 rings (SSSR count). The van der Waals surface area contributed by atoms with Gasteiger partial charge in [-0.25, -0.2) is 0 Å². The van der Waals surface area contributed by atoms with Crippen LogP contribution in [0, 0.1) is 18.3 Å². The third kappa shape index (κ3) is 7.68. The number of ether oxygens (including phenoxy) is 1. The van der Waals surface area contributed by atoms with Gasteiger partial charge >= 0.3 is 0 Å². The molecular formula is C30H35NO4S. The molecule has 0 N–H and O–H groups in total. The Morgan fingerprint density at radius 3 is 2.03 bits per heavy atom. The first-order chi connectivity index (χ1) is 17.4. The molecule has 36 heavy (non-hydrogen) atoms. The molecule has 0 aromatic heterocycles. The molecule has 0 aliphatic heterocycles. The summed E-state index contributed by atoms with van der Waals surface area (Å²) in [5.74, 6) is 0.324. The second kappa shape index (κ2) is 13.2. The van der Waals surface area contributed by atoms with E-state index in [1.807, 2.05) is 55.5 Å². The Kier molecular flexibility index (Phi) is 10.1. The highest BCUT2D eigenvalue weighted by atomic mass is 32.2. The van der Waals surface area contributed by atoms with Crippen molar-refractivity contribution in [1.29, 1.82) is 5.26 Å². The molecule has 0 fully saturated rings. The summed E-state index contributed by atoms with van der Waals surface area (Å²) in [5.41, 5.74) is 3.92. The first-order valence-electron chi connectivity index (χ1n) is 12.5. The van der Waals surface area contributed by atoms with Gasteiger partial charge in [0.15, 0.2) is 0 Å². The fraction of sp³-hybridized carbons (Fsp3) is 0.367. The van der Waals surface area contributed by atoms with Gasteiger partial charge in [-0.05, 0) is 60.7 Å². The summed E-state index contributed by atoms with van der Waals surface area (Å²) in [6.45, 7) is 4.04. The van der Waals surface area contributed by atoms with E-state index in [0.29, 0.717) is 12.8 Å². The largest absolute Gasteiger partial charge is 0.497 e. The molecule has 2 atom stereocenters. The average Bonchev–Trinajstić information content (AvgIpc) is 2.90. The quantitative estimate of drug-likeness (QED) is 0.178. The van der Waals surface area contributed by atoms with E-state index in [2.05, 4.69) is 13.0 Å². The SMILES string of the molecule is CCCCCC[C@H](CC(C#N)c1ccc(-c2ccc(OC)cc2)cc1)OS(=O)(=O)c1ccc(C)cc1. The van der Waals surface area contributed by atoms with E-state index in [9.17, 15) is 13.7 Å². The number of hydrogen-bond acceptors (Lipinski definition) is 5. The predicted octanol–water partition coefficient (Wildman–Crippen LogP) is 7.41. The molecule has 0 radical (unpaired) electrons. The third-order valence-corrected chi connectivity index (χ3v) is 7.72. The Hall–Kier alpha value is -3.14. The molecule has 3 aromatic carbocycles. The topological polar surface area (TPSA) is 76.4 Å². The lowest BCUT2D eigenvalue weighted by molar-refractivity contribution is 0.180. The summed E-state index contributed by atoms with van der Waals surface area (Å²) in [5, 5.41) is 9.96. The molecule has 0 amide bonds. The molecule has 1 unspecified atom stereocenters. The molecule has 0 aliphatic carbocycles. The summed E-state index contributed by atoms with van der Waals surface area (Å²) in [4.78, 5) is 0.143. The fourth-order valence-electron chi connectivity index (χ4n) is 4.16. The Morgan fingerprint density at radius 1 is 0.861 bits per heavy atom. The van der Waals surface area contributed by atoms with Crippen LogP contribution in [-0.2, 0) is 14.3 Å². The minimum absolute atomic E-state index is 0.143. The Labute approximate surface area is 215 Å². The van der Waals surface area contributed by atoms with Crippen molar-refractivity contribution in [3.8, 4) is 22.9 Å². The van der Waals surface area contributed by atoms with Crippen LogP contribution in [0.1, 0.15) is 62.5 Å². The van der Waals surface area contributed by atoms with Gasteiger partial charge in [0.05, 0.1) is 30.1 Å². The van der Waals surface area contributed by atoms with E-state index in [0.717, 1.165) is 53.7 Å². The number of unbranched alkanes of at least 4 members (excludes halogenated alkanes) is 3. The molecule has 0 saturated carbocycles. The minimum Gasteiger partial charge on any atom is -0.497 e. The van der Waals surface area contributed by atoms with E-state index >= 15 is 0 Å². The molecule has 190 valence electrons. The molecule has 6 heteroatoms. The molecular weight excluding hydrogens is 470 g/mol. The first-order valence-corrected chi connectivity index (χ1v) is 13.9. The van der Waals surface area contributed by atoms with Crippen LogP contribution >= 0.6 is 0 Å². The Morgan fingerprint density at radius 2 is 1.47 bits per heavy atom. The average molecular weight is 506 g/mol. The van der Waals surface area contributed by atoms with Gasteiger partial charge in [0.2, 0.25) is 0 Å². The van der Waals surface area contributed by atoms with Crippen molar-refractivity contribution >= 4 is 10.1 Å². The Balaban J connectivity index is 1.76. The smallest absolute Gasteiger partial charge is 0.297 e. The van der Waals surface area contributed by atoms with Crippen molar-refractivity contribution in [2.45, 2.75) is 69.3 Å². The van der Waals surface area contributed by atoms with Crippen molar-refractivity contribution < 1.29 is 17.3 Å². The number of nitriles is 1. The first kappa shape index (κ1) is 27.4. The number of rotatable bonds is 13.